The monoisotopic (exact) mass is 517 g/mol. The van der Waals surface area contributed by atoms with E-state index in [-0.39, 0.29) is 18.5 Å². The highest BCUT2D eigenvalue weighted by Crippen LogP contribution is 2.41. The minimum absolute atomic E-state index is 0.0830. The highest BCUT2D eigenvalue weighted by Gasteiger charge is 2.36. The van der Waals surface area contributed by atoms with Gasteiger partial charge >= 0.3 is 12.1 Å². The molecule has 0 spiro atoms. The molecule has 1 aliphatic heterocycles. The normalized spacial score (nSPS) is 15.8. The van der Waals surface area contributed by atoms with Crippen LogP contribution in [-0.4, -0.2) is 48.1 Å². The second kappa shape index (κ2) is 11.5. The van der Waals surface area contributed by atoms with E-state index in [0.29, 0.717) is 37.4 Å². The van der Waals surface area contributed by atoms with E-state index in [2.05, 4.69) is 5.32 Å². The second-order valence-corrected chi connectivity index (χ2v) is 8.57. The summed E-state index contributed by atoms with van der Waals surface area (Å²) < 4.78 is 57.4. The number of aliphatic hydroxyl groups excluding tert-OH is 1. The van der Waals surface area contributed by atoms with Gasteiger partial charge in [0.1, 0.15) is 41.6 Å². The number of halogens is 3. The molecule has 0 amide bonds. The molecule has 2 atom stereocenters. The zero-order chi connectivity index (χ0) is 26.4. The third kappa shape index (κ3) is 6.93. The van der Waals surface area contributed by atoms with Gasteiger partial charge in [-0.05, 0) is 60.9 Å². The van der Waals surface area contributed by atoms with E-state index in [9.17, 15) is 28.2 Å². The van der Waals surface area contributed by atoms with Crippen molar-refractivity contribution in [2.24, 2.45) is 0 Å². The number of aliphatic hydroxyl groups is 1. The Kier molecular flexibility index (Phi) is 8.20. The summed E-state index contributed by atoms with van der Waals surface area (Å²) in [7, 11) is 0. The lowest BCUT2D eigenvalue weighted by Gasteiger charge is -2.27. The molecule has 0 bridgehead atoms. The number of benzene rings is 3. The van der Waals surface area contributed by atoms with Crippen LogP contribution < -0.4 is 19.5 Å². The Hall–Kier alpha value is -3.76. The summed E-state index contributed by atoms with van der Waals surface area (Å²) in [4.78, 5) is 11.5. The van der Waals surface area contributed by atoms with Crippen molar-refractivity contribution < 1.29 is 42.4 Å². The Bertz CT molecular complexity index is 1220. The average Bonchev–Trinajstić information content (AvgIpc) is 2.87. The molecule has 0 unspecified atom stereocenters. The fourth-order valence-corrected chi connectivity index (χ4v) is 3.96. The van der Waals surface area contributed by atoms with Crippen LogP contribution in [-0.2, 0) is 12.6 Å². The van der Waals surface area contributed by atoms with Crippen LogP contribution in [0.2, 0.25) is 0 Å². The molecular formula is C27H26F3NO6. The van der Waals surface area contributed by atoms with Gasteiger partial charge in [-0.1, -0.05) is 24.3 Å². The van der Waals surface area contributed by atoms with E-state index >= 15 is 0 Å². The molecule has 0 aromatic heterocycles. The fraction of sp³-hybridized carbons (Fsp3) is 0.296. The minimum Gasteiger partial charge on any atom is -0.491 e. The summed E-state index contributed by atoms with van der Waals surface area (Å²) in [6.07, 6.45) is -4.41. The molecule has 3 N–H and O–H groups in total. The van der Waals surface area contributed by atoms with Crippen LogP contribution in [0.15, 0.2) is 66.7 Å². The summed E-state index contributed by atoms with van der Waals surface area (Å²) in [6.45, 7) is 0.951. The van der Waals surface area contributed by atoms with Crippen LogP contribution >= 0.6 is 0 Å². The molecule has 0 fully saturated rings. The van der Waals surface area contributed by atoms with Crippen LogP contribution in [0.1, 0.15) is 27.9 Å². The molecule has 3 aromatic rings. The van der Waals surface area contributed by atoms with Crippen LogP contribution in [0.3, 0.4) is 0 Å². The number of ether oxygens (including phenoxy) is 3. The van der Waals surface area contributed by atoms with Crippen molar-refractivity contribution in [1.29, 1.82) is 0 Å². The molecule has 0 aliphatic carbocycles. The Morgan fingerprint density at radius 2 is 1.86 bits per heavy atom. The van der Waals surface area contributed by atoms with E-state index < -0.39 is 35.1 Å². The van der Waals surface area contributed by atoms with E-state index in [0.717, 1.165) is 23.8 Å². The van der Waals surface area contributed by atoms with Crippen molar-refractivity contribution >= 4 is 5.97 Å². The Morgan fingerprint density at radius 1 is 1.08 bits per heavy atom. The van der Waals surface area contributed by atoms with Crippen molar-refractivity contribution in [3.63, 3.8) is 0 Å². The second-order valence-electron chi connectivity index (χ2n) is 8.57. The van der Waals surface area contributed by atoms with Crippen molar-refractivity contribution in [3.05, 3.63) is 83.4 Å². The Morgan fingerprint density at radius 3 is 2.59 bits per heavy atom. The highest BCUT2D eigenvalue weighted by atomic mass is 19.4. The van der Waals surface area contributed by atoms with Crippen LogP contribution in [0.25, 0.3) is 0 Å². The minimum atomic E-state index is -4.78. The van der Waals surface area contributed by atoms with Crippen molar-refractivity contribution in [3.8, 4) is 23.0 Å². The first kappa shape index (κ1) is 26.3. The molecule has 3 aromatic carbocycles. The Labute approximate surface area is 211 Å². The number of carbonyl (C=O) groups is 1. The molecule has 0 radical (unpaired) electrons. The van der Waals surface area contributed by atoms with E-state index in [1.807, 2.05) is 30.3 Å². The van der Waals surface area contributed by atoms with Crippen molar-refractivity contribution in [2.45, 2.75) is 31.2 Å². The summed E-state index contributed by atoms with van der Waals surface area (Å²) >= 11 is 0. The van der Waals surface area contributed by atoms with Crippen molar-refractivity contribution in [2.75, 3.05) is 19.7 Å². The summed E-state index contributed by atoms with van der Waals surface area (Å²) in [6, 6.07) is 16.7. The van der Waals surface area contributed by atoms with Crippen LogP contribution in [0, 0.1) is 0 Å². The number of carboxylic acids is 1. The smallest absolute Gasteiger partial charge is 0.420 e. The van der Waals surface area contributed by atoms with Crippen molar-refractivity contribution in [1.82, 2.24) is 5.32 Å². The van der Waals surface area contributed by atoms with Crippen LogP contribution in [0.4, 0.5) is 13.2 Å². The lowest BCUT2D eigenvalue weighted by atomic mass is 10.0. The van der Waals surface area contributed by atoms with Gasteiger partial charge in [0.2, 0.25) is 0 Å². The summed E-state index contributed by atoms with van der Waals surface area (Å²) in [5, 5.41) is 22.6. The maximum absolute atomic E-state index is 13.5. The van der Waals surface area contributed by atoms with Gasteiger partial charge in [0, 0.05) is 13.1 Å². The van der Waals surface area contributed by atoms with Crippen LogP contribution in [0.5, 0.6) is 23.0 Å². The Balaban J connectivity index is 1.33. The number of hydrogen-bond acceptors (Lipinski definition) is 6. The van der Waals surface area contributed by atoms with Gasteiger partial charge in [-0.3, -0.25) is 0 Å². The number of aryl methyl sites for hydroxylation is 1. The number of fused-ring (bicyclic) bond motifs is 1. The molecule has 4 rings (SSSR count). The first-order valence-corrected chi connectivity index (χ1v) is 11.7. The standard InChI is InChI=1S/C27H26F3NO6/c28-27(29,30)23-8-4-7-22(26(33)34)25(23)37-20-11-12-24-17(13-20)9-10-21(36-24)15-31-14-18(32)16-35-19-5-2-1-3-6-19/h1-8,11-13,18,21,31-32H,9-10,14-16H2,(H,33,34)/t18-,21+/m0/s1. The first-order valence-electron chi connectivity index (χ1n) is 11.7. The molecule has 0 saturated carbocycles. The number of hydrogen-bond donors (Lipinski definition) is 3. The quantitative estimate of drug-likeness (QED) is 0.351. The van der Waals surface area contributed by atoms with Gasteiger partial charge in [-0.25, -0.2) is 4.79 Å². The lowest BCUT2D eigenvalue weighted by molar-refractivity contribution is -0.138. The molecule has 37 heavy (non-hydrogen) atoms. The predicted octanol–water partition coefficient (Wildman–Crippen LogP) is 4.92. The molecular weight excluding hydrogens is 491 g/mol. The number of rotatable bonds is 10. The number of para-hydroxylation sites is 2. The van der Waals surface area contributed by atoms with E-state index in [1.165, 1.54) is 6.07 Å². The molecule has 1 heterocycles. The molecule has 7 nitrogen and oxygen atoms in total. The maximum Gasteiger partial charge on any atom is 0.420 e. The van der Waals surface area contributed by atoms with E-state index in [1.54, 1.807) is 12.1 Å². The third-order valence-corrected chi connectivity index (χ3v) is 5.77. The third-order valence-electron chi connectivity index (χ3n) is 5.77. The van der Waals surface area contributed by atoms with Gasteiger partial charge in [0.25, 0.3) is 0 Å². The SMILES string of the molecule is O=C(O)c1cccc(C(F)(F)F)c1Oc1ccc2c(c1)CC[C@H](CNC[C@H](O)COc1ccccc1)O2. The molecule has 196 valence electrons. The zero-order valence-electron chi connectivity index (χ0n) is 19.7. The predicted molar refractivity (Wildman–Crippen MR) is 128 cm³/mol. The number of nitrogens with one attached hydrogen (secondary N) is 1. The summed E-state index contributed by atoms with van der Waals surface area (Å²) in [5.41, 5.74) is -0.999. The molecule has 10 heteroatoms. The zero-order valence-corrected chi connectivity index (χ0v) is 19.7. The molecule has 1 aliphatic rings. The van der Waals surface area contributed by atoms with Gasteiger partial charge in [-0.15, -0.1) is 0 Å². The van der Waals surface area contributed by atoms with Gasteiger partial charge < -0.3 is 29.7 Å². The fourth-order valence-electron chi connectivity index (χ4n) is 3.96. The number of alkyl halides is 3. The average molecular weight is 518 g/mol. The van der Waals surface area contributed by atoms with Gasteiger partial charge in [0.05, 0.1) is 5.56 Å². The first-order chi connectivity index (χ1) is 17.7. The van der Waals surface area contributed by atoms with Gasteiger partial charge in [0.15, 0.2) is 5.75 Å². The maximum atomic E-state index is 13.5. The number of aromatic carboxylic acids is 1. The largest absolute Gasteiger partial charge is 0.491 e. The summed E-state index contributed by atoms with van der Waals surface area (Å²) in [5.74, 6) is -0.940. The topological polar surface area (TPSA) is 97.3 Å². The van der Waals surface area contributed by atoms with Gasteiger partial charge in [-0.2, -0.15) is 13.2 Å². The van der Waals surface area contributed by atoms with E-state index in [4.69, 9.17) is 14.2 Å². The molecule has 0 saturated heterocycles. The number of carboxylic acid groups (broad SMARTS) is 1. The lowest BCUT2D eigenvalue weighted by Crippen LogP contribution is -2.39. The highest BCUT2D eigenvalue weighted by molar-refractivity contribution is 5.91.